The second-order valence-corrected chi connectivity index (χ2v) is 8.18. The molecule has 7 nitrogen and oxygen atoms in total. The van der Waals surface area contributed by atoms with Crippen LogP contribution in [0.25, 0.3) is 11.1 Å². The van der Waals surface area contributed by atoms with E-state index in [1.807, 2.05) is 79.7 Å². The van der Waals surface area contributed by atoms with Crippen molar-refractivity contribution in [1.82, 2.24) is 10.3 Å². The Morgan fingerprint density at radius 2 is 1.54 bits per heavy atom. The smallest absolute Gasteiger partial charge is 0.408 e. The molecule has 0 fully saturated rings. The molecule has 0 saturated heterocycles. The van der Waals surface area contributed by atoms with E-state index >= 15 is 0 Å². The molecule has 7 heteroatoms. The number of hydrogen-bond donors (Lipinski definition) is 3. The molecule has 1 heterocycles. The van der Waals surface area contributed by atoms with Crippen LogP contribution in [0.1, 0.15) is 40.2 Å². The molecule has 0 bridgehead atoms. The van der Waals surface area contributed by atoms with Gasteiger partial charge in [-0.05, 0) is 53.9 Å². The lowest BCUT2D eigenvalue weighted by molar-refractivity contribution is 0.0697. The lowest BCUT2D eigenvalue weighted by atomic mass is 9.95. The van der Waals surface area contributed by atoms with E-state index in [1.54, 1.807) is 30.5 Å². The molecule has 4 N–H and O–H groups in total. The Hall–Kier alpha value is -4.49. The number of ether oxygens (including phenoxy) is 1. The predicted octanol–water partition coefficient (Wildman–Crippen LogP) is 5.62. The summed E-state index contributed by atoms with van der Waals surface area (Å²) in [4.78, 5) is 27.8. The van der Waals surface area contributed by atoms with E-state index in [0.29, 0.717) is 12.1 Å². The van der Waals surface area contributed by atoms with Crippen LogP contribution in [0.4, 0.5) is 4.79 Å². The lowest BCUT2D eigenvalue weighted by Gasteiger charge is -2.16. The zero-order valence-corrected chi connectivity index (χ0v) is 20.7. The second-order valence-electron chi connectivity index (χ2n) is 8.18. The molecule has 0 unspecified atom stereocenters. The zero-order chi connectivity index (χ0) is 26.5. The zero-order valence-electron chi connectivity index (χ0n) is 20.7. The van der Waals surface area contributed by atoms with Crippen LogP contribution < -0.4 is 11.1 Å². The Balaban J connectivity index is 0.000000356. The van der Waals surface area contributed by atoms with Gasteiger partial charge in [-0.1, -0.05) is 78.9 Å². The number of carbonyl (C=O) groups is 2. The third kappa shape index (κ3) is 8.30. The summed E-state index contributed by atoms with van der Waals surface area (Å²) in [7, 11) is 0. The fraction of sp³-hybridized carbons (Fsp3) is 0.167. The van der Waals surface area contributed by atoms with Crippen molar-refractivity contribution in [1.29, 1.82) is 0 Å². The molecular formula is C30H31N3O4. The highest BCUT2D eigenvalue weighted by Crippen LogP contribution is 2.27. The van der Waals surface area contributed by atoms with Crippen molar-refractivity contribution in [3.63, 3.8) is 0 Å². The van der Waals surface area contributed by atoms with E-state index in [1.165, 1.54) is 0 Å². The van der Waals surface area contributed by atoms with Gasteiger partial charge in [-0.25, -0.2) is 9.59 Å². The molecule has 1 atom stereocenters. The third-order valence-corrected chi connectivity index (χ3v) is 5.57. The number of nitrogens with two attached hydrogens (primary N) is 1. The van der Waals surface area contributed by atoms with E-state index in [2.05, 4.69) is 10.3 Å². The number of alkyl carbamates (subject to hydrolysis) is 1. The molecule has 0 aliphatic heterocycles. The quantitative estimate of drug-likeness (QED) is 0.291. The number of carboxylic acids is 1. The highest BCUT2D eigenvalue weighted by atomic mass is 16.6. The number of hydrogen-bond acceptors (Lipinski definition) is 5. The van der Waals surface area contributed by atoms with E-state index in [0.717, 1.165) is 28.8 Å². The summed E-state index contributed by atoms with van der Waals surface area (Å²) in [5.41, 5.74) is 9.70. The minimum Gasteiger partial charge on any atom is -0.478 e. The van der Waals surface area contributed by atoms with Crippen LogP contribution in [-0.4, -0.2) is 28.7 Å². The second kappa shape index (κ2) is 14.2. The number of rotatable bonds is 8. The van der Waals surface area contributed by atoms with Gasteiger partial charge in [0.15, 0.2) is 0 Å². The molecule has 37 heavy (non-hydrogen) atoms. The molecule has 0 radical (unpaired) electrons. The highest BCUT2D eigenvalue weighted by Gasteiger charge is 2.15. The van der Waals surface area contributed by atoms with E-state index in [9.17, 15) is 14.7 Å². The Morgan fingerprint density at radius 3 is 2.22 bits per heavy atom. The minimum absolute atomic E-state index is 0.218. The van der Waals surface area contributed by atoms with Crippen LogP contribution in [0.2, 0.25) is 0 Å². The first-order valence-corrected chi connectivity index (χ1v) is 12.0. The van der Waals surface area contributed by atoms with E-state index in [4.69, 9.17) is 10.5 Å². The predicted molar refractivity (Wildman–Crippen MR) is 144 cm³/mol. The number of carbonyl (C=O) groups excluding carboxylic acids is 1. The summed E-state index contributed by atoms with van der Waals surface area (Å²) in [6, 6.07) is 29.5. The molecule has 3 aromatic carbocycles. The number of benzene rings is 3. The van der Waals surface area contributed by atoms with Gasteiger partial charge in [-0.15, -0.1) is 0 Å². The molecule has 0 aliphatic carbocycles. The molecule has 0 saturated carbocycles. The van der Waals surface area contributed by atoms with Crippen molar-refractivity contribution < 1.29 is 19.4 Å². The first-order valence-electron chi connectivity index (χ1n) is 12.0. The van der Waals surface area contributed by atoms with Gasteiger partial charge in [-0.2, -0.15) is 0 Å². The Kier molecular flexibility index (Phi) is 10.4. The Labute approximate surface area is 217 Å². The van der Waals surface area contributed by atoms with Gasteiger partial charge >= 0.3 is 12.1 Å². The van der Waals surface area contributed by atoms with E-state index < -0.39 is 12.1 Å². The summed E-state index contributed by atoms with van der Waals surface area (Å²) in [6.45, 7) is 2.72. The summed E-state index contributed by atoms with van der Waals surface area (Å²) in [5, 5.41) is 12.2. The number of nitrogens with zero attached hydrogens (tertiary/aromatic N) is 1. The maximum atomic E-state index is 12.2. The third-order valence-electron chi connectivity index (χ3n) is 5.57. The SMILES string of the molecule is C[C@H](OC(=O)NCc1ccccc1-c1ccccc1C(=O)O)c1ccccc1.NCCc1ccccn1. The van der Waals surface area contributed by atoms with Crippen LogP contribution in [0.15, 0.2) is 103 Å². The van der Waals surface area contributed by atoms with Crippen LogP contribution in [0, 0.1) is 0 Å². The molecule has 1 aromatic heterocycles. The van der Waals surface area contributed by atoms with Gasteiger partial charge in [0.2, 0.25) is 0 Å². The Morgan fingerprint density at radius 1 is 0.892 bits per heavy atom. The molecule has 4 aromatic rings. The van der Waals surface area contributed by atoms with Crippen LogP contribution >= 0.6 is 0 Å². The van der Waals surface area contributed by atoms with Gasteiger partial charge in [0.1, 0.15) is 6.10 Å². The summed E-state index contributed by atoms with van der Waals surface area (Å²) >= 11 is 0. The van der Waals surface area contributed by atoms with Crippen LogP contribution in [0.5, 0.6) is 0 Å². The number of aromatic nitrogens is 1. The monoisotopic (exact) mass is 497 g/mol. The van der Waals surface area contributed by atoms with Crippen molar-refractivity contribution in [3.8, 4) is 11.1 Å². The number of aromatic carboxylic acids is 1. The summed E-state index contributed by atoms with van der Waals surface area (Å²) in [5.74, 6) is -0.991. The molecule has 0 spiro atoms. The standard InChI is InChI=1S/C23H21NO4.C7H10N2/c1-16(17-9-3-2-4-10-17)28-23(27)24-15-18-11-5-6-12-19(18)20-13-7-8-14-21(20)22(25)26;8-5-4-7-3-1-2-6-9-7/h2-14,16H,15H2,1H3,(H,24,27)(H,25,26);1-3,6H,4-5,8H2/t16-;/m0./s1. The van der Waals surface area contributed by atoms with Crippen molar-refractivity contribution in [3.05, 3.63) is 126 Å². The van der Waals surface area contributed by atoms with Gasteiger partial charge in [0.05, 0.1) is 5.56 Å². The van der Waals surface area contributed by atoms with Gasteiger partial charge < -0.3 is 20.9 Å². The number of carboxylic acid groups (broad SMARTS) is 1. The lowest BCUT2D eigenvalue weighted by Crippen LogP contribution is -2.25. The molecule has 0 aliphatic rings. The van der Waals surface area contributed by atoms with E-state index in [-0.39, 0.29) is 18.2 Å². The van der Waals surface area contributed by atoms with Crippen LogP contribution in [-0.2, 0) is 17.7 Å². The van der Waals surface area contributed by atoms with Gasteiger partial charge in [0, 0.05) is 24.9 Å². The molecule has 4 rings (SSSR count). The molecule has 190 valence electrons. The fourth-order valence-electron chi connectivity index (χ4n) is 3.70. The first-order chi connectivity index (χ1) is 18.0. The average molecular weight is 498 g/mol. The topological polar surface area (TPSA) is 115 Å². The van der Waals surface area contributed by atoms with Crippen molar-refractivity contribution >= 4 is 12.1 Å². The fourth-order valence-corrected chi connectivity index (χ4v) is 3.70. The maximum absolute atomic E-state index is 12.2. The average Bonchev–Trinajstić information content (AvgIpc) is 2.93. The number of pyridine rings is 1. The first kappa shape index (κ1) is 27.1. The van der Waals surface area contributed by atoms with Gasteiger partial charge in [0.25, 0.3) is 0 Å². The largest absolute Gasteiger partial charge is 0.478 e. The van der Waals surface area contributed by atoms with Gasteiger partial charge in [-0.3, -0.25) is 4.98 Å². The normalized spacial score (nSPS) is 11.0. The molecular weight excluding hydrogens is 466 g/mol. The Bertz CT molecular complexity index is 1280. The number of nitrogens with one attached hydrogen (secondary N) is 1. The number of amides is 1. The van der Waals surface area contributed by atoms with Crippen molar-refractivity contribution in [2.24, 2.45) is 5.73 Å². The van der Waals surface area contributed by atoms with Crippen molar-refractivity contribution in [2.75, 3.05) is 6.54 Å². The highest BCUT2D eigenvalue weighted by molar-refractivity contribution is 5.96. The van der Waals surface area contributed by atoms with Crippen LogP contribution in [0.3, 0.4) is 0 Å². The summed E-state index contributed by atoms with van der Waals surface area (Å²) in [6.07, 6.45) is 1.76. The molecule has 1 amide bonds. The maximum Gasteiger partial charge on any atom is 0.408 e. The summed E-state index contributed by atoms with van der Waals surface area (Å²) < 4.78 is 5.42. The van der Waals surface area contributed by atoms with Crippen molar-refractivity contribution in [2.45, 2.75) is 26.0 Å². The minimum atomic E-state index is -0.991.